The van der Waals surface area contributed by atoms with Gasteiger partial charge in [0.25, 0.3) is 0 Å². The Kier molecular flexibility index (Phi) is 5.11. The third-order valence-electron chi connectivity index (χ3n) is 4.24. The standard InChI is InChI=1S/C19H23N3O2/c1-13-3-6-17(7-4-13)24-18-8-5-16(12-21-18)22-19(23)15-9-10-20-14(2)11-15/h3-8,12,14-15,20H,9-11H2,1-2H3,(H,22,23)/t14-,15-/m0/s1. The highest BCUT2D eigenvalue weighted by Crippen LogP contribution is 2.22. The number of carbonyl (C=O) groups excluding carboxylic acids is 1. The lowest BCUT2D eigenvalue weighted by Crippen LogP contribution is -2.40. The minimum Gasteiger partial charge on any atom is -0.439 e. The number of benzene rings is 1. The summed E-state index contributed by atoms with van der Waals surface area (Å²) < 4.78 is 5.69. The van der Waals surface area contributed by atoms with Crippen LogP contribution in [0.5, 0.6) is 11.6 Å². The second kappa shape index (κ2) is 7.45. The molecule has 5 nitrogen and oxygen atoms in total. The van der Waals surface area contributed by atoms with Gasteiger partial charge in [-0.3, -0.25) is 4.79 Å². The molecule has 0 aliphatic carbocycles. The van der Waals surface area contributed by atoms with Crippen molar-refractivity contribution in [2.24, 2.45) is 5.92 Å². The monoisotopic (exact) mass is 325 g/mol. The average Bonchev–Trinajstić information content (AvgIpc) is 2.59. The van der Waals surface area contributed by atoms with Gasteiger partial charge in [-0.05, 0) is 51.4 Å². The lowest BCUT2D eigenvalue weighted by atomic mass is 9.92. The molecule has 0 unspecified atom stereocenters. The van der Waals surface area contributed by atoms with E-state index >= 15 is 0 Å². The Morgan fingerprint density at radius 2 is 2.04 bits per heavy atom. The normalized spacial score (nSPS) is 20.4. The van der Waals surface area contributed by atoms with Crippen molar-refractivity contribution in [2.75, 3.05) is 11.9 Å². The molecule has 3 rings (SSSR count). The zero-order chi connectivity index (χ0) is 16.9. The zero-order valence-electron chi connectivity index (χ0n) is 14.1. The van der Waals surface area contributed by atoms with Crippen LogP contribution in [0, 0.1) is 12.8 Å². The van der Waals surface area contributed by atoms with Gasteiger partial charge in [0.1, 0.15) is 5.75 Å². The maximum atomic E-state index is 12.3. The number of carbonyl (C=O) groups is 1. The molecule has 1 fully saturated rings. The summed E-state index contributed by atoms with van der Waals surface area (Å²) in [5.74, 6) is 1.38. The number of rotatable bonds is 4. The van der Waals surface area contributed by atoms with Crippen LogP contribution in [0.2, 0.25) is 0 Å². The summed E-state index contributed by atoms with van der Waals surface area (Å²) in [5, 5.41) is 6.30. The van der Waals surface area contributed by atoms with E-state index in [0.717, 1.165) is 25.1 Å². The van der Waals surface area contributed by atoms with Gasteiger partial charge in [-0.2, -0.15) is 0 Å². The molecule has 126 valence electrons. The molecule has 1 aliphatic rings. The number of hydrogen-bond donors (Lipinski definition) is 2. The Labute approximate surface area is 142 Å². The van der Waals surface area contributed by atoms with Gasteiger partial charge in [-0.15, -0.1) is 0 Å². The molecule has 0 bridgehead atoms. The van der Waals surface area contributed by atoms with Gasteiger partial charge in [0.05, 0.1) is 11.9 Å². The molecule has 24 heavy (non-hydrogen) atoms. The largest absolute Gasteiger partial charge is 0.439 e. The molecule has 2 heterocycles. The van der Waals surface area contributed by atoms with Gasteiger partial charge < -0.3 is 15.4 Å². The Hall–Kier alpha value is -2.40. The van der Waals surface area contributed by atoms with Gasteiger partial charge in [-0.1, -0.05) is 17.7 Å². The molecular formula is C19H23N3O2. The van der Waals surface area contributed by atoms with Crippen molar-refractivity contribution in [1.29, 1.82) is 0 Å². The number of aryl methyl sites for hydroxylation is 1. The van der Waals surface area contributed by atoms with Gasteiger partial charge in [0.2, 0.25) is 11.8 Å². The van der Waals surface area contributed by atoms with E-state index in [1.165, 1.54) is 5.56 Å². The highest BCUT2D eigenvalue weighted by molar-refractivity contribution is 5.92. The summed E-state index contributed by atoms with van der Waals surface area (Å²) in [6.07, 6.45) is 3.37. The van der Waals surface area contributed by atoms with E-state index in [4.69, 9.17) is 4.74 Å². The number of pyridine rings is 1. The van der Waals surface area contributed by atoms with Crippen LogP contribution in [-0.4, -0.2) is 23.5 Å². The van der Waals surface area contributed by atoms with Crippen LogP contribution < -0.4 is 15.4 Å². The quantitative estimate of drug-likeness (QED) is 0.903. The third kappa shape index (κ3) is 4.32. The number of ether oxygens (including phenoxy) is 1. The van der Waals surface area contributed by atoms with E-state index < -0.39 is 0 Å². The molecule has 5 heteroatoms. The highest BCUT2D eigenvalue weighted by atomic mass is 16.5. The first-order chi connectivity index (χ1) is 11.6. The van der Waals surface area contributed by atoms with Crippen LogP contribution in [0.4, 0.5) is 5.69 Å². The molecule has 2 atom stereocenters. The van der Waals surface area contributed by atoms with Crippen molar-refractivity contribution in [2.45, 2.75) is 32.7 Å². The van der Waals surface area contributed by atoms with E-state index in [2.05, 4.69) is 22.5 Å². The minimum atomic E-state index is 0.0599. The maximum Gasteiger partial charge on any atom is 0.227 e. The molecular weight excluding hydrogens is 302 g/mol. The third-order valence-corrected chi connectivity index (χ3v) is 4.24. The molecule has 0 radical (unpaired) electrons. The number of nitrogens with one attached hydrogen (secondary N) is 2. The minimum absolute atomic E-state index is 0.0599. The second-order valence-electron chi connectivity index (χ2n) is 6.37. The van der Waals surface area contributed by atoms with Crippen molar-refractivity contribution in [3.05, 3.63) is 48.2 Å². The number of anilines is 1. The van der Waals surface area contributed by atoms with Crippen LogP contribution in [0.3, 0.4) is 0 Å². The molecule has 1 aromatic heterocycles. The summed E-state index contributed by atoms with van der Waals surface area (Å²) in [6.45, 7) is 5.03. The second-order valence-corrected chi connectivity index (χ2v) is 6.37. The number of hydrogen-bond acceptors (Lipinski definition) is 4. The Morgan fingerprint density at radius 1 is 1.25 bits per heavy atom. The van der Waals surface area contributed by atoms with E-state index in [-0.39, 0.29) is 11.8 Å². The van der Waals surface area contributed by atoms with Gasteiger partial charge in [-0.25, -0.2) is 4.98 Å². The zero-order valence-corrected chi connectivity index (χ0v) is 14.1. The smallest absolute Gasteiger partial charge is 0.227 e. The van der Waals surface area contributed by atoms with Gasteiger partial charge >= 0.3 is 0 Å². The molecule has 2 N–H and O–H groups in total. The van der Waals surface area contributed by atoms with Crippen molar-refractivity contribution >= 4 is 11.6 Å². The van der Waals surface area contributed by atoms with Crippen molar-refractivity contribution in [1.82, 2.24) is 10.3 Å². The summed E-state index contributed by atoms with van der Waals surface area (Å²) in [4.78, 5) is 16.6. The first-order valence-electron chi connectivity index (χ1n) is 8.35. The van der Waals surface area contributed by atoms with Crippen molar-refractivity contribution < 1.29 is 9.53 Å². The van der Waals surface area contributed by atoms with E-state index in [9.17, 15) is 4.79 Å². The molecule has 1 saturated heterocycles. The Balaban J connectivity index is 1.58. The summed E-state index contributed by atoms with van der Waals surface area (Å²) >= 11 is 0. The lowest BCUT2D eigenvalue weighted by Gasteiger charge is -2.27. The summed E-state index contributed by atoms with van der Waals surface area (Å²) in [7, 11) is 0. The molecule has 2 aromatic rings. The molecule has 0 spiro atoms. The first kappa shape index (κ1) is 16.5. The van der Waals surface area contributed by atoms with E-state index in [0.29, 0.717) is 17.6 Å². The lowest BCUT2D eigenvalue weighted by molar-refractivity contribution is -0.120. The van der Waals surface area contributed by atoms with Crippen molar-refractivity contribution in [3.8, 4) is 11.6 Å². The fraction of sp³-hybridized carbons (Fsp3) is 0.368. The predicted octanol–water partition coefficient (Wildman–Crippen LogP) is 3.51. The summed E-state index contributed by atoms with van der Waals surface area (Å²) in [6, 6.07) is 11.8. The fourth-order valence-electron chi connectivity index (χ4n) is 2.86. The van der Waals surface area contributed by atoms with Crippen LogP contribution in [0.25, 0.3) is 0 Å². The Morgan fingerprint density at radius 3 is 2.71 bits per heavy atom. The Bertz CT molecular complexity index is 683. The molecule has 0 saturated carbocycles. The van der Waals surface area contributed by atoms with E-state index in [1.54, 1.807) is 12.3 Å². The van der Waals surface area contributed by atoms with Crippen molar-refractivity contribution in [3.63, 3.8) is 0 Å². The fourth-order valence-corrected chi connectivity index (χ4v) is 2.86. The van der Waals surface area contributed by atoms with Crippen LogP contribution >= 0.6 is 0 Å². The van der Waals surface area contributed by atoms with Crippen LogP contribution in [0.1, 0.15) is 25.3 Å². The topological polar surface area (TPSA) is 63.2 Å². The SMILES string of the molecule is Cc1ccc(Oc2ccc(NC(=O)[C@H]3CCN[C@@H](C)C3)cn2)cc1. The number of piperidine rings is 1. The van der Waals surface area contributed by atoms with Gasteiger partial charge in [0.15, 0.2) is 0 Å². The predicted molar refractivity (Wildman–Crippen MR) is 94.3 cm³/mol. The molecule has 1 amide bonds. The maximum absolute atomic E-state index is 12.3. The van der Waals surface area contributed by atoms with E-state index in [1.807, 2.05) is 37.3 Å². The summed E-state index contributed by atoms with van der Waals surface area (Å²) in [5.41, 5.74) is 1.88. The van der Waals surface area contributed by atoms with Crippen LogP contribution in [0.15, 0.2) is 42.6 Å². The van der Waals surface area contributed by atoms with Crippen LogP contribution in [-0.2, 0) is 4.79 Å². The number of amides is 1. The molecule has 1 aromatic carbocycles. The molecule has 1 aliphatic heterocycles. The average molecular weight is 325 g/mol. The highest BCUT2D eigenvalue weighted by Gasteiger charge is 2.24. The first-order valence-corrected chi connectivity index (χ1v) is 8.35. The number of aromatic nitrogens is 1. The van der Waals surface area contributed by atoms with Gasteiger partial charge in [0, 0.05) is 18.0 Å². The number of nitrogens with zero attached hydrogens (tertiary/aromatic N) is 1.